The molecule has 0 radical (unpaired) electrons. The van der Waals surface area contributed by atoms with Gasteiger partial charge in [-0.25, -0.2) is 13.4 Å². The molecule has 2 saturated heterocycles. The molecule has 3 aromatic rings. The van der Waals surface area contributed by atoms with Gasteiger partial charge in [-0.3, -0.25) is 14.6 Å². The molecule has 5 rings (SSSR count). The fraction of sp³-hybridized carbons (Fsp3) is 0.429. The lowest BCUT2D eigenvalue weighted by Gasteiger charge is -2.37. The van der Waals surface area contributed by atoms with E-state index in [2.05, 4.69) is 14.8 Å². The number of nitrogens with zero attached hydrogens (tertiary/aromatic N) is 3. The number of benzene rings is 1. The van der Waals surface area contributed by atoms with Gasteiger partial charge >= 0.3 is 0 Å². The summed E-state index contributed by atoms with van der Waals surface area (Å²) in [5, 5.41) is 0.634. The minimum absolute atomic E-state index is 0.0942. The fourth-order valence-electron chi connectivity index (χ4n) is 4.36. The Morgan fingerprint density at radius 3 is 2.60 bits per heavy atom. The second-order valence-corrected chi connectivity index (χ2v) is 11.3. The van der Waals surface area contributed by atoms with Crippen molar-refractivity contribution < 1.29 is 8.42 Å². The summed E-state index contributed by atoms with van der Waals surface area (Å²) in [5.41, 5.74) is 0.995. The number of sulfone groups is 1. The fourth-order valence-corrected chi connectivity index (χ4v) is 7.18. The maximum absolute atomic E-state index is 12.6. The molecule has 2 fully saturated rings. The first-order chi connectivity index (χ1) is 14.5. The van der Waals surface area contributed by atoms with Crippen LogP contribution in [0.1, 0.15) is 12.2 Å². The summed E-state index contributed by atoms with van der Waals surface area (Å²) in [4.78, 5) is 26.6. The summed E-state index contributed by atoms with van der Waals surface area (Å²) < 4.78 is 23.5. The number of hydrogen-bond donors (Lipinski definition) is 1. The number of rotatable bonds is 4. The summed E-state index contributed by atoms with van der Waals surface area (Å²) >= 11 is 1.54. The van der Waals surface area contributed by atoms with E-state index in [1.807, 2.05) is 36.4 Å². The molecule has 158 valence electrons. The van der Waals surface area contributed by atoms with E-state index in [1.165, 1.54) is 0 Å². The maximum atomic E-state index is 12.6. The van der Waals surface area contributed by atoms with Gasteiger partial charge in [0.25, 0.3) is 5.56 Å². The normalized spacial score (nSPS) is 22.6. The number of thiophene rings is 1. The zero-order valence-electron chi connectivity index (χ0n) is 16.6. The molecule has 30 heavy (non-hydrogen) atoms. The van der Waals surface area contributed by atoms with Crippen molar-refractivity contribution in [3.8, 4) is 10.4 Å². The van der Waals surface area contributed by atoms with Crippen molar-refractivity contribution >= 4 is 31.4 Å². The Balaban J connectivity index is 1.28. The second kappa shape index (κ2) is 7.88. The van der Waals surface area contributed by atoms with Crippen LogP contribution in [-0.2, 0) is 16.4 Å². The van der Waals surface area contributed by atoms with E-state index in [0.717, 1.165) is 47.9 Å². The van der Waals surface area contributed by atoms with Crippen LogP contribution in [0.4, 0.5) is 0 Å². The Kier molecular flexibility index (Phi) is 5.22. The van der Waals surface area contributed by atoms with E-state index in [9.17, 15) is 13.2 Å². The van der Waals surface area contributed by atoms with Crippen LogP contribution in [0.3, 0.4) is 0 Å². The standard InChI is InChI=1S/C21H24N4O3S2/c26-20-17-12-18(15-4-2-1-3-5-15)29-21(17)23-19(22-20)13-24-7-9-25(10-8-24)16-6-11-30(27,28)14-16/h1-5,12,16H,6-11,13-14H2,(H,22,23,26)/t16-/m1/s1. The average molecular weight is 445 g/mol. The summed E-state index contributed by atoms with van der Waals surface area (Å²) in [6.07, 6.45) is 0.746. The average Bonchev–Trinajstić information content (AvgIpc) is 3.33. The van der Waals surface area contributed by atoms with Gasteiger partial charge in [0.15, 0.2) is 9.84 Å². The van der Waals surface area contributed by atoms with Gasteiger partial charge in [0, 0.05) is 37.1 Å². The number of hydrogen-bond acceptors (Lipinski definition) is 7. The topological polar surface area (TPSA) is 86.4 Å². The van der Waals surface area contributed by atoms with E-state index in [0.29, 0.717) is 29.3 Å². The highest BCUT2D eigenvalue weighted by Crippen LogP contribution is 2.30. The predicted molar refractivity (Wildman–Crippen MR) is 120 cm³/mol. The molecule has 1 atom stereocenters. The molecule has 2 aliphatic rings. The lowest BCUT2D eigenvalue weighted by atomic mass is 10.2. The number of nitrogens with one attached hydrogen (secondary N) is 1. The Bertz CT molecular complexity index is 1210. The van der Waals surface area contributed by atoms with Crippen molar-refractivity contribution in [2.24, 2.45) is 0 Å². The molecule has 0 aliphatic carbocycles. The van der Waals surface area contributed by atoms with Crippen molar-refractivity contribution in [2.75, 3.05) is 37.7 Å². The number of aromatic nitrogens is 2. The molecule has 4 heterocycles. The monoisotopic (exact) mass is 444 g/mol. The van der Waals surface area contributed by atoms with Gasteiger partial charge in [-0.1, -0.05) is 30.3 Å². The lowest BCUT2D eigenvalue weighted by molar-refractivity contribution is 0.0984. The number of aromatic amines is 1. The Hall–Kier alpha value is -2.07. The molecule has 1 N–H and O–H groups in total. The predicted octanol–water partition coefficient (Wildman–Crippen LogP) is 1.96. The Morgan fingerprint density at radius 1 is 1.13 bits per heavy atom. The minimum atomic E-state index is -2.85. The third kappa shape index (κ3) is 4.07. The minimum Gasteiger partial charge on any atom is -0.309 e. The summed E-state index contributed by atoms with van der Waals surface area (Å²) in [6.45, 7) is 3.99. The van der Waals surface area contributed by atoms with Crippen LogP contribution < -0.4 is 5.56 Å². The first-order valence-electron chi connectivity index (χ1n) is 10.2. The van der Waals surface area contributed by atoms with Crippen LogP contribution in [0.2, 0.25) is 0 Å². The number of piperazine rings is 1. The van der Waals surface area contributed by atoms with Crippen LogP contribution in [0.15, 0.2) is 41.2 Å². The largest absolute Gasteiger partial charge is 0.309 e. The molecule has 9 heteroatoms. The Labute approximate surface area is 179 Å². The Morgan fingerprint density at radius 2 is 1.90 bits per heavy atom. The molecule has 0 saturated carbocycles. The van der Waals surface area contributed by atoms with Crippen LogP contribution in [0, 0.1) is 0 Å². The van der Waals surface area contributed by atoms with E-state index in [4.69, 9.17) is 4.98 Å². The highest BCUT2D eigenvalue weighted by molar-refractivity contribution is 7.91. The SMILES string of the molecule is O=c1[nH]c(CN2CCN([C@@H]3CCS(=O)(=O)C3)CC2)nc2sc(-c3ccccc3)cc12. The van der Waals surface area contributed by atoms with Gasteiger partial charge in [0.2, 0.25) is 0 Å². The first-order valence-corrected chi connectivity index (χ1v) is 12.9. The molecular weight excluding hydrogens is 420 g/mol. The van der Waals surface area contributed by atoms with Gasteiger partial charge in [0.1, 0.15) is 10.7 Å². The molecule has 0 spiro atoms. The summed E-state index contributed by atoms with van der Waals surface area (Å²) in [5.74, 6) is 1.29. The molecular formula is C21H24N4O3S2. The number of fused-ring (bicyclic) bond motifs is 1. The quantitative estimate of drug-likeness (QED) is 0.662. The molecule has 0 unspecified atom stereocenters. The third-order valence-electron chi connectivity index (χ3n) is 6.01. The van der Waals surface area contributed by atoms with Crippen LogP contribution in [-0.4, -0.2) is 71.9 Å². The maximum Gasteiger partial charge on any atom is 0.259 e. The van der Waals surface area contributed by atoms with Crippen LogP contribution in [0.25, 0.3) is 20.7 Å². The molecule has 0 bridgehead atoms. The van der Waals surface area contributed by atoms with Crippen molar-refractivity contribution in [1.82, 2.24) is 19.8 Å². The van der Waals surface area contributed by atoms with Gasteiger partial charge in [-0.05, 0) is 18.1 Å². The van der Waals surface area contributed by atoms with Crippen LogP contribution >= 0.6 is 11.3 Å². The van der Waals surface area contributed by atoms with Gasteiger partial charge in [0.05, 0.1) is 23.4 Å². The zero-order valence-corrected chi connectivity index (χ0v) is 18.2. The van der Waals surface area contributed by atoms with E-state index < -0.39 is 9.84 Å². The zero-order chi connectivity index (χ0) is 20.7. The van der Waals surface area contributed by atoms with Crippen molar-refractivity contribution in [2.45, 2.75) is 19.0 Å². The summed E-state index contributed by atoms with van der Waals surface area (Å²) in [7, 11) is -2.85. The van der Waals surface area contributed by atoms with Crippen molar-refractivity contribution in [3.63, 3.8) is 0 Å². The number of H-pyrrole nitrogens is 1. The first kappa shape index (κ1) is 19.9. The molecule has 1 aromatic carbocycles. The van der Waals surface area contributed by atoms with Crippen molar-refractivity contribution in [1.29, 1.82) is 0 Å². The van der Waals surface area contributed by atoms with Crippen LogP contribution in [0.5, 0.6) is 0 Å². The highest BCUT2D eigenvalue weighted by Gasteiger charge is 2.33. The molecule has 7 nitrogen and oxygen atoms in total. The molecule has 0 amide bonds. The van der Waals surface area contributed by atoms with Gasteiger partial charge < -0.3 is 4.98 Å². The molecule has 2 aromatic heterocycles. The molecule has 2 aliphatic heterocycles. The lowest BCUT2D eigenvalue weighted by Crippen LogP contribution is -2.50. The van der Waals surface area contributed by atoms with E-state index in [-0.39, 0.29) is 11.6 Å². The van der Waals surface area contributed by atoms with Gasteiger partial charge in [-0.15, -0.1) is 11.3 Å². The highest BCUT2D eigenvalue weighted by atomic mass is 32.2. The van der Waals surface area contributed by atoms with E-state index in [1.54, 1.807) is 11.3 Å². The summed E-state index contributed by atoms with van der Waals surface area (Å²) in [6, 6.07) is 12.1. The van der Waals surface area contributed by atoms with E-state index >= 15 is 0 Å². The third-order valence-corrected chi connectivity index (χ3v) is 8.84. The van der Waals surface area contributed by atoms with Gasteiger partial charge in [-0.2, -0.15) is 0 Å². The smallest absolute Gasteiger partial charge is 0.259 e. The van der Waals surface area contributed by atoms with Crippen molar-refractivity contribution in [3.05, 3.63) is 52.6 Å². The second-order valence-electron chi connectivity index (χ2n) is 8.08.